The number of rotatable bonds is 8. The third kappa shape index (κ3) is 5.01. The molecule has 146 valence electrons. The second-order valence-electron chi connectivity index (χ2n) is 7.01. The highest BCUT2D eigenvalue weighted by atomic mass is 19.3. The normalized spacial score (nSPS) is 21.9. The zero-order valence-electron chi connectivity index (χ0n) is 15.1. The second-order valence-corrected chi connectivity index (χ2v) is 7.01. The lowest BCUT2D eigenvalue weighted by molar-refractivity contribution is -0.129. The van der Waals surface area contributed by atoms with Gasteiger partial charge in [0.15, 0.2) is 11.5 Å². The number of alkyl halides is 2. The van der Waals surface area contributed by atoms with E-state index < -0.39 is 6.61 Å². The number of nitrogens with zero attached hydrogens (tertiary/aromatic N) is 4. The highest BCUT2D eigenvalue weighted by Gasteiger charge is 2.34. The molecule has 2 fully saturated rings. The molecule has 1 heterocycles. The molecule has 1 aliphatic carbocycles. The maximum absolute atomic E-state index is 12.7. The minimum atomic E-state index is -2.92. The first kappa shape index (κ1) is 19.2. The zero-order chi connectivity index (χ0) is 19.4. The molecule has 1 saturated carbocycles. The molecule has 1 saturated heterocycles. The van der Waals surface area contributed by atoms with Crippen molar-refractivity contribution in [1.29, 1.82) is 0 Å². The Balaban J connectivity index is 1.79. The summed E-state index contributed by atoms with van der Waals surface area (Å²) >= 11 is 0. The fraction of sp³-hybridized carbons (Fsp3) is 0.611. The van der Waals surface area contributed by atoms with Crippen molar-refractivity contribution in [2.75, 3.05) is 19.7 Å². The summed E-state index contributed by atoms with van der Waals surface area (Å²) in [5.74, 6) is 0.713. The minimum Gasteiger partial charge on any atom is -0.489 e. The van der Waals surface area contributed by atoms with Crippen molar-refractivity contribution in [3.05, 3.63) is 34.2 Å². The highest BCUT2D eigenvalue weighted by molar-refractivity contribution is 5.74. The van der Waals surface area contributed by atoms with Crippen LogP contribution in [0, 0.1) is 5.92 Å². The first-order valence-corrected chi connectivity index (χ1v) is 8.97. The van der Waals surface area contributed by atoms with Crippen LogP contribution in [0.15, 0.2) is 23.3 Å². The van der Waals surface area contributed by atoms with Crippen molar-refractivity contribution in [3.63, 3.8) is 0 Å². The maximum Gasteiger partial charge on any atom is 0.387 e. The van der Waals surface area contributed by atoms with Crippen LogP contribution >= 0.6 is 0 Å². The van der Waals surface area contributed by atoms with Gasteiger partial charge < -0.3 is 14.4 Å². The van der Waals surface area contributed by atoms with Crippen molar-refractivity contribution < 1.29 is 23.0 Å². The molecular weight excluding hydrogens is 358 g/mol. The average Bonchev–Trinajstić information content (AvgIpc) is 3.35. The molecule has 1 amide bonds. The van der Waals surface area contributed by atoms with Crippen LogP contribution in [0.5, 0.6) is 11.5 Å². The topological polar surface area (TPSA) is 87.5 Å². The van der Waals surface area contributed by atoms with Crippen LogP contribution < -0.4 is 9.47 Å². The SMILES string of the molecule is CC(=O)N1CC(c2ccc(OC(F)F)c(OCC3CC3)c2)C[C@@H]1CN=[N+]=[N-]. The fourth-order valence-electron chi connectivity index (χ4n) is 3.42. The molecule has 1 aliphatic heterocycles. The van der Waals surface area contributed by atoms with E-state index in [4.69, 9.17) is 10.3 Å². The van der Waals surface area contributed by atoms with Gasteiger partial charge >= 0.3 is 6.61 Å². The van der Waals surface area contributed by atoms with Crippen LogP contribution in [0.4, 0.5) is 8.78 Å². The maximum atomic E-state index is 12.7. The van der Waals surface area contributed by atoms with E-state index in [2.05, 4.69) is 14.8 Å². The Morgan fingerprint density at radius 1 is 1.41 bits per heavy atom. The van der Waals surface area contributed by atoms with Gasteiger partial charge in [0.2, 0.25) is 5.91 Å². The average molecular weight is 380 g/mol. The largest absolute Gasteiger partial charge is 0.489 e. The third-order valence-corrected chi connectivity index (χ3v) is 5.00. The molecule has 2 aliphatic rings. The van der Waals surface area contributed by atoms with Gasteiger partial charge in [0.1, 0.15) is 0 Å². The van der Waals surface area contributed by atoms with Gasteiger partial charge in [-0.3, -0.25) is 4.79 Å². The van der Waals surface area contributed by atoms with E-state index in [1.807, 2.05) is 0 Å². The number of hydrogen-bond donors (Lipinski definition) is 0. The molecule has 0 radical (unpaired) electrons. The summed E-state index contributed by atoms with van der Waals surface area (Å²) in [5.41, 5.74) is 9.43. The predicted octanol–water partition coefficient (Wildman–Crippen LogP) is 4.09. The van der Waals surface area contributed by atoms with Gasteiger partial charge in [-0.25, -0.2) is 0 Å². The molecule has 1 aromatic carbocycles. The van der Waals surface area contributed by atoms with Crippen molar-refractivity contribution in [3.8, 4) is 11.5 Å². The molecule has 0 aromatic heterocycles. The lowest BCUT2D eigenvalue weighted by Crippen LogP contribution is -2.35. The van der Waals surface area contributed by atoms with Gasteiger partial charge in [-0.05, 0) is 48.4 Å². The summed E-state index contributed by atoms with van der Waals surface area (Å²) < 4.78 is 35.6. The van der Waals surface area contributed by atoms with E-state index in [0.29, 0.717) is 31.2 Å². The van der Waals surface area contributed by atoms with Gasteiger partial charge in [0.25, 0.3) is 0 Å². The zero-order valence-corrected chi connectivity index (χ0v) is 15.1. The Labute approximate surface area is 155 Å². The Kier molecular flexibility index (Phi) is 6.01. The molecule has 0 N–H and O–H groups in total. The summed E-state index contributed by atoms with van der Waals surface area (Å²) in [7, 11) is 0. The van der Waals surface area contributed by atoms with E-state index in [1.165, 1.54) is 13.0 Å². The molecule has 3 rings (SSSR count). The summed E-state index contributed by atoms with van der Waals surface area (Å²) in [5, 5.41) is 3.59. The molecule has 27 heavy (non-hydrogen) atoms. The van der Waals surface area contributed by atoms with E-state index in [-0.39, 0.29) is 30.2 Å². The Hall–Kier alpha value is -2.54. The molecule has 7 nitrogen and oxygen atoms in total. The standard InChI is InChI=1S/C18H22F2N4O3/c1-11(25)24-9-14(6-15(24)8-22-23-21)13-4-5-16(27-18(19)20)17(7-13)26-10-12-2-3-12/h4-5,7,12,14-15,18H,2-3,6,8-10H2,1H3/t14?,15-/m1/s1. The predicted molar refractivity (Wildman–Crippen MR) is 93.8 cm³/mol. The lowest BCUT2D eigenvalue weighted by atomic mass is 9.96. The van der Waals surface area contributed by atoms with Gasteiger partial charge in [-0.1, -0.05) is 11.2 Å². The first-order chi connectivity index (χ1) is 13.0. The molecule has 1 aromatic rings. The summed E-state index contributed by atoms with van der Waals surface area (Å²) in [6.07, 6.45) is 2.81. The minimum absolute atomic E-state index is 0.0108. The molecular formula is C18H22F2N4O3. The smallest absolute Gasteiger partial charge is 0.387 e. The molecule has 0 spiro atoms. The van der Waals surface area contributed by atoms with E-state index >= 15 is 0 Å². The van der Waals surface area contributed by atoms with Crippen LogP contribution in [-0.4, -0.2) is 43.2 Å². The van der Waals surface area contributed by atoms with Crippen LogP contribution in [-0.2, 0) is 4.79 Å². The number of carbonyl (C=O) groups is 1. The van der Waals surface area contributed by atoms with Crippen molar-refractivity contribution >= 4 is 5.91 Å². The van der Waals surface area contributed by atoms with Crippen molar-refractivity contribution in [2.24, 2.45) is 11.0 Å². The van der Waals surface area contributed by atoms with Gasteiger partial charge in [0, 0.05) is 36.9 Å². The third-order valence-electron chi connectivity index (χ3n) is 5.00. The number of halogens is 2. The molecule has 2 atom stereocenters. The van der Waals surface area contributed by atoms with Gasteiger partial charge in [-0.2, -0.15) is 8.78 Å². The Bertz CT molecular complexity index is 735. The summed E-state index contributed by atoms with van der Waals surface area (Å²) in [6.45, 7) is -0.267. The Morgan fingerprint density at radius 3 is 2.81 bits per heavy atom. The van der Waals surface area contributed by atoms with Gasteiger partial charge in [-0.15, -0.1) is 0 Å². The van der Waals surface area contributed by atoms with Crippen LogP contribution in [0.1, 0.15) is 37.7 Å². The summed E-state index contributed by atoms with van der Waals surface area (Å²) in [6, 6.07) is 4.76. The van der Waals surface area contributed by atoms with Crippen LogP contribution in [0.25, 0.3) is 10.4 Å². The highest BCUT2D eigenvalue weighted by Crippen LogP contribution is 2.38. The number of amides is 1. The number of benzene rings is 1. The number of hydrogen-bond acceptors (Lipinski definition) is 4. The molecule has 0 bridgehead atoms. The molecule has 9 heteroatoms. The van der Waals surface area contributed by atoms with Crippen molar-refractivity contribution in [2.45, 2.75) is 44.8 Å². The van der Waals surface area contributed by atoms with E-state index in [0.717, 1.165) is 18.4 Å². The van der Waals surface area contributed by atoms with Gasteiger partial charge in [0.05, 0.1) is 6.61 Å². The quantitative estimate of drug-likeness (QED) is 0.387. The number of carbonyl (C=O) groups excluding carboxylic acids is 1. The van der Waals surface area contributed by atoms with Crippen LogP contribution in [0.3, 0.4) is 0 Å². The van der Waals surface area contributed by atoms with Crippen LogP contribution in [0.2, 0.25) is 0 Å². The second kappa shape index (κ2) is 8.43. The Morgan fingerprint density at radius 2 is 2.19 bits per heavy atom. The monoisotopic (exact) mass is 380 g/mol. The van der Waals surface area contributed by atoms with E-state index in [1.54, 1.807) is 17.0 Å². The number of ether oxygens (including phenoxy) is 2. The molecule has 1 unspecified atom stereocenters. The fourth-order valence-corrected chi connectivity index (χ4v) is 3.42. The lowest BCUT2D eigenvalue weighted by Gasteiger charge is -2.21. The first-order valence-electron chi connectivity index (χ1n) is 8.97. The number of azide groups is 1. The van der Waals surface area contributed by atoms with E-state index in [9.17, 15) is 13.6 Å². The number of likely N-dealkylation sites (tertiary alicyclic amines) is 1. The summed E-state index contributed by atoms with van der Waals surface area (Å²) in [4.78, 5) is 16.3. The van der Waals surface area contributed by atoms with Crippen molar-refractivity contribution in [1.82, 2.24) is 4.90 Å².